The van der Waals surface area contributed by atoms with Gasteiger partial charge in [-0.1, -0.05) is 54.9 Å². The molecule has 27 heavy (non-hydrogen) atoms. The Morgan fingerprint density at radius 2 is 2.15 bits per heavy atom. The quantitative estimate of drug-likeness (QED) is 0.363. The van der Waals surface area contributed by atoms with E-state index in [0.29, 0.717) is 33.5 Å². The zero-order valence-electron chi connectivity index (χ0n) is 14.6. The molecule has 0 fully saturated rings. The third-order valence-electron chi connectivity index (χ3n) is 3.02. The van der Waals surface area contributed by atoms with Gasteiger partial charge in [0.15, 0.2) is 0 Å². The standard InChI is InChI=1S/C16H18Cl2N2OS2.HNO3/c1-11(2)9-21-16(22)23-15(8-20-6-5-19-10-20)13-4-3-12(17)7-14(13)18;2-1(3)4/h3-7,10-11,15H,8-9H2,1-2H3;(H,2,3,4). The van der Waals surface area contributed by atoms with E-state index in [-0.39, 0.29) is 5.25 Å². The Morgan fingerprint density at radius 3 is 2.67 bits per heavy atom. The van der Waals surface area contributed by atoms with E-state index >= 15 is 0 Å². The number of thiocarbonyl (C=S) groups is 1. The van der Waals surface area contributed by atoms with Crippen LogP contribution in [0.5, 0.6) is 0 Å². The maximum atomic E-state index is 8.36. The van der Waals surface area contributed by atoms with Crippen LogP contribution >= 0.6 is 47.2 Å². The van der Waals surface area contributed by atoms with Gasteiger partial charge in [-0.15, -0.1) is 10.1 Å². The van der Waals surface area contributed by atoms with Crippen LogP contribution in [-0.4, -0.2) is 30.8 Å². The summed E-state index contributed by atoms with van der Waals surface area (Å²) in [5, 5.41) is 14.9. The summed E-state index contributed by atoms with van der Waals surface area (Å²) in [5.41, 5.74) is 0.977. The number of hydrogen-bond acceptors (Lipinski definition) is 6. The van der Waals surface area contributed by atoms with E-state index in [1.807, 2.05) is 22.9 Å². The van der Waals surface area contributed by atoms with E-state index < -0.39 is 5.09 Å². The van der Waals surface area contributed by atoms with Crippen LogP contribution in [0, 0.1) is 16.0 Å². The summed E-state index contributed by atoms with van der Waals surface area (Å²) in [6, 6.07) is 5.52. The zero-order chi connectivity index (χ0) is 20.4. The molecule has 2 rings (SSSR count). The van der Waals surface area contributed by atoms with Crippen LogP contribution in [0.3, 0.4) is 0 Å². The Balaban J connectivity index is 0.000000828. The molecule has 0 saturated carbocycles. The number of halogens is 2. The summed E-state index contributed by atoms with van der Waals surface area (Å²) in [7, 11) is 0. The molecule has 148 valence electrons. The molecule has 0 amide bonds. The van der Waals surface area contributed by atoms with Crippen molar-refractivity contribution < 1.29 is 15.0 Å². The lowest BCUT2D eigenvalue weighted by Gasteiger charge is -2.20. The number of imidazole rings is 1. The van der Waals surface area contributed by atoms with Crippen LogP contribution < -0.4 is 0 Å². The first-order valence-electron chi connectivity index (χ1n) is 7.76. The summed E-state index contributed by atoms with van der Waals surface area (Å²) in [4.78, 5) is 12.4. The predicted octanol–water partition coefficient (Wildman–Crippen LogP) is 5.27. The largest absolute Gasteiger partial charge is 0.478 e. The second-order valence-electron chi connectivity index (χ2n) is 5.72. The molecule has 1 atom stereocenters. The summed E-state index contributed by atoms with van der Waals surface area (Å²) in [5.74, 6) is 0.430. The van der Waals surface area contributed by atoms with Gasteiger partial charge in [0.1, 0.15) is 0 Å². The highest BCUT2D eigenvalue weighted by atomic mass is 35.5. The Labute approximate surface area is 176 Å². The minimum atomic E-state index is -1.50. The first-order valence-corrected chi connectivity index (χ1v) is 9.80. The molecule has 0 spiro atoms. The van der Waals surface area contributed by atoms with Gasteiger partial charge in [-0.3, -0.25) is 0 Å². The molecule has 0 radical (unpaired) electrons. The molecule has 0 saturated heterocycles. The van der Waals surface area contributed by atoms with Gasteiger partial charge in [-0.25, -0.2) is 4.98 Å². The number of aromatic nitrogens is 2. The van der Waals surface area contributed by atoms with E-state index in [4.69, 9.17) is 55.5 Å². The molecule has 0 bridgehead atoms. The molecule has 0 aliphatic heterocycles. The molecular weight excluding hydrogens is 433 g/mol. The average molecular weight is 452 g/mol. The highest BCUT2D eigenvalue weighted by Crippen LogP contribution is 2.37. The van der Waals surface area contributed by atoms with Crippen molar-refractivity contribution in [1.29, 1.82) is 0 Å². The maximum absolute atomic E-state index is 8.36. The van der Waals surface area contributed by atoms with E-state index in [1.54, 1.807) is 18.6 Å². The molecule has 7 nitrogen and oxygen atoms in total. The highest BCUT2D eigenvalue weighted by Gasteiger charge is 2.19. The van der Waals surface area contributed by atoms with Crippen LogP contribution in [0.4, 0.5) is 0 Å². The lowest BCUT2D eigenvalue weighted by Crippen LogP contribution is -2.11. The van der Waals surface area contributed by atoms with Crippen molar-refractivity contribution in [3.63, 3.8) is 0 Å². The van der Waals surface area contributed by atoms with Crippen LogP contribution in [0.2, 0.25) is 10.0 Å². The molecule has 0 aliphatic carbocycles. The number of benzene rings is 1. The molecular formula is C16H19Cl2N3O4S2. The molecule has 1 heterocycles. The second-order valence-corrected chi connectivity index (χ2v) is 8.37. The molecule has 1 N–H and O–H groups in total. The van der Waals surface area contributed by atoms with Gasteiger partial charge in [0.25, 0.3) is 5.09 Å². The van der Waals surface area contributed by atoms with Gasteiger partial charge in [0, 0.05) is 29.0 Å². The van der Waals surface area contributed by atoms with Crippen molar-refractivity contribution in [3.05, 3.63) is 62.6 Å². The first-order chi connectivity index (χ1) is 12.7. The number of thioether (sulfide) groups is 1. The van der Waals surface area contributed by atoms with Crippen molar-refractivity contribution in [1.82, 2.24) is 9.55 Å². The van der Waals surface area contributed by atoms with Crippen LogP contribution in [0.1, 0.15) is 24.7 Å². The Hall–Kier alpha value is -1.55. The van der Waals surface area contributed by atoms with Crippen molar-refractivity contribution >= 4 is 51.6 Å². The minimum absolute atomic E-state index is 0.0219. The minimum Gasteiger partial charge on any atom is -0.478 e. The van der Waals surface area contributed by atoms with E-state index in [0.717, 1.165) is 5.56 Å². The monoisotopic (exact) mass is 451 g/mol. The van der Waals surface area contributed by atoms with E-state index in [9.17, 15) is 0 Å². The fraction of sp³-hybridized carbons (Fsp3) is 0.375. The number of ether oxygens (including phenoxy) is 1. The van der Waals surface area contributed by atoms with Crippen molar-refractivity contribution in [2.45, 2.75) is 25.6 Å². The molecule has 2 aromatic rings. The normalized spacial score (nSPS) is 11.4. The van der Waals surface area contributed by atoms with Gasteiger partial charge in [0.05, 0.1) is 18.2 Å². The van der Waals surface area contributed by atoms with E-state index in [2.05, 4.69) is 18.8 Å². The fourth-order valence-electron chi connectivity index (χ4n) is 1.93. The number of hydrogen-bond donors (Lipinski definition) is 1. The summed E-state index contributed by atoms with van der Waals surface area (Å²) >= 11 is 19.2. The van der Waals surface area contributed by atoms with Gasteiger partial charge in [-0.2, -0.15) is 0 Å². The van der Waals surface area contributed by atoms with Crippen molar-refractivity contribution in [2.75, 3.05) is 6.61 Å². The van der Waals surface area contributed by atoms with E-state index in [1.165, 1.54) is 11.8 Å². The summed E-state index contributed by atoms with van der Waals surface area (Å²) in [6.45, 7) is 5.48. The molecule has 1 aromatic heterocycles. The zero-order valence-corrected chi connectivity index (χ0v) is 17.8. The SMILES string of the molecule is CC(C)COC(=S)SC(Cn1ccnc1)c1ccc(Cl)cc1Cl.O=[N+]([O-])O. The molecule has 1 aromatic carbocycles. The molecule has 0 aliphatic rings. The topological polar surface area (TPSA) is 90.4 Å². The van der Waals surface area contributed by atoms with Gasteiger partial charge >= 0.3 is 0 Å². The second kappa shape index (κ2) is 12.0. The van der Waals surface area contributed by atoms with Crippen molar-refractivity contribution in [3.8, 4) is 0 Å². The maximum Gasteiger partial charge on any atom is 0.291 e. The fourth-order valence-corrected chi connectivity index (χ4v) is 3.90. The summed E-state index contributed by atoms with van der Waals surface area (Å²) in [6.07, 6.45) is 5.43. The third-order valence-corrected chi connectivity index (χ3v) is 4.98. The Bertz CT molecular complexity index is 741. The summed E-state index contributed by atoms with van der Waals surface area (Å²) < 4.78 is 8.16. The van der Waals surface area contributed by atoms with Crippen LogP contribution in [0.15, 0.2) is 36.9 Å². The van der Waals surface area contributed by atoms with Gasteiger partial charge < -0.3 is 14.5 Å². The van der Waals surface area contributed by atoms with Gasteiger partial charge in [-0.05, 0) is 35.8 Å². The third kappa shape index (κ3) is 9.81. The van der Waals surface area contributed by atoms with Crippen molar-refractivity contribution in [2.24, 2.45) is 5.92 Å². The van der Waals surface area contributed by atoms with Gasteiger partial charge in [0.2, 0.25) is 4.38 Å². The predicted molar refractivity (Wildman–Crippen MR) is 111 cm³/mol. The lowest BCUT2D eigenvalue weighted by molar-refractivity contribution is -0.742. The molecule has 1 unspecified atom stereocenters. The lowest BCUT2D eigenvalue weighted by atomic mass is 10.1. The number of nitrogens with zero attached hydrogens (tertiary/aromatic N) is 3. The smallest absolute Gasteiger partial charge is 0.291 e. The van der Waals surface area contributed by atoms with Crippen LogP contribution in [-0.2, 0) is 11.3 Å². The highest BCUT2D eigenvalue weighted by molar-refractivity contribution is 8.22. The Morgan fingerprint density at radius 1 is 1.48 bits per heavy atom. The molecule has 11 heteroatoms. The first kappa shape index (κ1) is 23.5. The number of rotatable bonds is 6. The average Bonchev–Trinajstić information content (AvgIpc) is 3.05. The Kier molecular flexibility index (Phi) is 10.5. The van der Waals surface area contributed by atoms with Crippen LogP contribution in [0.25, 0.3) is 0 Å².